The van der Waals surface area contributed by atoms with Gasteiger partial charge in [0.2, 0.25) is 0 Å². The van der Waals surface area contributed by atoms with E-state index in [0.29, 0.717) is 16.4 Å². The number of nitrogens with zero attached hydrogens (tertiary/aromatic N) is 3. The number of para-hydroxylation sites is 1. The molecule has 1 aliphatic rings. The fourth-order valence-electron chi connectivity index (χ4n) is 3.33. The Bertz CT molecular complexity index is 960. The summed E-state index contributed by atoms with van der Waals surface area (Å²) in [4.78, 5) is 15.0. The molecule has 138 valence electrons. The zero-order valence-electron chi connectivity index (χ0n) is 15.1. The second kappa shape index (κ2) is 7.45. The summed E-state index contributed by atoms with van der Waals surface area (Å²) in [5.41, 5.74) is 2.86. The maximum atomic E-state index is 13.1. The SMILES string of the molecule is COc1ccc(-c2cc(C(=O)N3CCCC3)n(-c3ccccc3Cl)n2)cc1. The molecule has 4 rings (SSSR count). The van der Waals surface area contributed by atoms with Crippen molar-refractivity contribution in [2.75, 3.05) is 20.2 Å². The number of hydrogen-bond donors (Lipinski definition) is 0. The highest BCUT2D eigenvalue weighted by Gasteiger charge is 2.25. The molecule has 1 saturated heterocycles. The van der Waals surface area contributed by atoms with Gasteiger partial charge in [-0.15, -0.1) is 0 Å². The van der Waals surface area contributed by atoms with Crippen LogP contribution in [0.2, 0.25) is 5.02 Å². The van der Waals surface area contributed by atoms with Crippen LogP contribution in [0.15, 0.2) is 54.6 Å². The lowest BCUT2D eigenvalue weighted by Crippen LogP contribution is -2.29. The van der Waals surface area contributed by atoms with Crippen molar-refractivity contribution in [1.29, 1.82) is 0 Å². The van der Waals surface area contributed by atoms with Crippen LogP contribution in [0.25, 0.3) is 16.9 Å². The molecule has 0 unspecified atom stereocenters. The average Bonchev–Trinajstić information content (AvgIpc) is 3.38. The monoisotopic (exact) mass is 381 g/mol. The van der Waals surface area contributed by atoms with Crippen molar-refractivity contribution in [3.63, 3.8) is 0 Å². The van der Waals surface area contributed by atoms with Gasteiger partial charge in [-0.3, -0.25) is 4.79 Å². The summed E-state index contributed by atoms with van der Waals surface area (Å²) in [6, 6.07) is 16.9. The fourth-order valence-corrected chi connectivity index (χ4v) is 3.54. The Labute approximate surface area is 163 Å². The van der Waals surface area contributed by atoms with Crippen molar-refractivity contribution in [2.24, 2.45) is 0 Å². The molecular weight excluding hydrogens is 362 g/mol. The number of likely N-dealkylation sites (tertiary alicyclic amines) is 1. The predicted molar refractivity (Wildman–Crippen MR) is 106 cm³/mol. The Morgan fingerprint density at radius 1 is 1.07 bits per heavy atom. The number of aromatic nitrogens is 2. The number of carbonyl (C=O) groups excluding carboxylic acids is 1. The van der Waals surface area contributed by atoms with Crippen LogP contribution in [-0.4, -0.2) is 40.8 Å². The van der Waals surface area contributed by atoms with Crippen molar-refractivity contribution in [3.8, 4) is 22.7 Å². The number of halogens is 1. The van der Waals surface area contributed by atoms with Crippen LogP contribution in [0.1, 0.15) is 23.3 Å². The first-order valence-corrected chi connectivity index (χ1v) is 9.34. The summed E-state index contributed by atoms with van der Waals surface area (Å²) in [7, 11) is 1.63. The van der Waals surface area contributed by atoms with Gasteiger partial charge in [0.15, 0.2) is 0 Å². The molecule has 27 heavy (non-hydrogen) atoms. The van der Waals surface area contributed by atoms with Crippen molar-refractivity contribution in [1.82, 2.24) is 14.7 Å². The molecule has 2 aromatic carbocycles. The first kappa shape index (κ1) is 17.6. The Balaban J connectivity index is 1.81. The Hall–Kier alpha value is -2.79. The largest absolute Gasteiger partial charge is 0.497 e. The van der Waals surface area contributed by atoms with Gasteiger partial charge < -0.3 is 9.64 Å². The highest BCUT2D eigenvalue weighted by molar-refractivity contribution is 6.32. The van der Waals surface area contributed by atoms with E-state index in [9.17, 15) is 4.79 Å². The average molecular weight is 382 g/mol. The first-order valence-electron chi connectivity index (χ1n) is 8.96. The maximum absolute atomic E-state index is 13.1. The molecule has 1 aromatic heterocycles. The molecule has 0 aliphatic carbocycles. The smallest absolute Gasteiger partial charge is 0.272 e. The summed E-state index contributed by atoms with van der Waals surface area (Å²) in [6.45, 7) is 1.56. The van der Waals surface area contributed by atoms with Gasteiger partial charge in [0.05, 0.1) is 23.5 Å². The normalized spacial score (nSPS) is 13.8. The van der Waals surface area contributed by atoms with Gasteiger partial charge in [0, 0.05) is 18.7 Å². The number of benzene rings is 2. The molecule has 5 nitrogen and oxygen atoms in total. The molecule has 0 saturated carbocycles. The molecule has 6 heteroatoms. The minimum absolute atomic E-state index is 0.0142. The molecule has 1 amide bonds. The molecular formula is C21H20ClN3O2. The van der Waals surface area contributed by atoms with Gasteiger partial charge in [-0.25, -0.2) is 4.68 Å². The zero-order valence-corrected chi connectivity index (χ0v) is 15.8. The minimum Gasteiger partial charge on any atom is -0.497 e. The Morgan fingerprint density at radius 2 is 1.78 bits per heavy atom. The van der Waals surface area contributed by atoms with Crippen LogP contribution < -0.4 is 4.74 Å². The van der Waals surface area contributed by atoms with E-state index in [2.05, 4.69) is 0 Å². The summed E-state index contributed by atoms with van der Waals surface area (Å²) in [5.74, 6) is 0.761. The van der Waals surface area contributed by atoms with E-state index >= 15 is 0 Å². The summed E-state index contributed by atoms with van der Waals surface area (Å²) in [6.07, 6.45) is 2.08. The minimum atomic E-state index is -0.0142. The molecule has 0 radical (unpaired) electrons. The molecule has 3 aromatic rings. The quantitative estimate of drug-likeness (QED) is 0.671. The lowest BCUT2D eigenvalue weighted by atomic mass is 10.1. The third-order valence-electron chi connectivity index (χ3n) is 4.79. The Morgan fingerprint density at radius 3 is 2.44 bits per heavy atom. The topological polar surface area (TPSA) is 47.4 Å². The lowest BCUT2D eigenvalue weighted by molar-refractivity contribution is 0.0784. The summed E-state index contributed by atoms with van der Waals surface area (Å²) < 4.78 is 6.88. The van der Waals surface area contributed by atoms with E-state index in [1.54, 1.807) is 17.9 Å². The molecule has 0 atom stereocenters. The predicted octanol–water partition coefficient (Wildman–Crippen LogP) is 4.44. The van der Waals surface area contributed by atoms with E-state index in [4.69, 9.17) is 21.4 Å². The van der Waals surface area contributed by atoms with E-state index in [0.717, 1.165) is 42.9 Å². The molecule has 0 N–H and O–H groups in total. The molecule has 1 aliphatic heterocycles. The third-order valence-corrected chi connectivity index (χ3v) is 5.11. The van der Waals surface area contributed by atoms with E-state index in [1.807, 2.05) is 53.4 Å². The van der Waals surface area contributed by atoms with Crippen LogP contribution in [0, 0.1) is 0 Å². The highest BCUT2D eigenvalue weighted by Crippen LogP contribution is 2.28. The number of methoxy groups -OCH3 is 1. The van der Waals surface area contributed by atoms with E-state index < -0.39 is 0 Å². The number of hydrogen-bond acceptors (Lipinski definition) is 3. The van der Waals surface area contributed by atoms with Crippen LogP contribution in [0.5, 0.6) is 5.75 Å². The van der Waals surface area contributed by atoms with Gasteiger partial charge in [-0.2, -0.15) is 5.10 Å². The van der Waals surface area contributed by atoms with Crippen molar-refractivity contribution < 1.29 is 9.53 Å². The number of ether oxygens (including phenoxy) is 1. The molecule has 0 bridgehead atoms. The van der Waals surface area contributed by atoms with Crippen LogP contribution in [0.3, 0.4) is 0 Å². The fraction of sp³-hybridized carbons (Fsp3) is 0.238. The van der Waals surface area contributed by atoms with Gasteiger partial charge in [0.1, 0.15) is 11.4 Å². The van der Waals surface area contributed by atoms with Crippen LogP contribution in [-0.2, 0) is 0 Å². The van der Waals surface area contributed by atoms with E-state index in [1.165, 1.54) is 0 Å². The zero-order chi connectivity index (χ0) is 18.8. The van der Waals surface area contributed by atoms with Gasteiger partial charge in [0.25, 0.3) is 5.91 Å². The van der Waals surface area contributed by atoms with E-state index in [-0.39, 0.29) is 5.91 Å². The summed E-state index contributed by atoms with van der Waals surface area (Å²) >= 11 is 6.39. The number of rotatable bonds is 4. The van der Waals surface area contributed by atoms with Crippen molar-refractivity contribution in [2.45, 2.75) is 12.8 Å². The molecule has 0 spiro atoms. The second-order valence-corrected chi connectivity index (χ2v) is 6.91. The standard InChI is InChI=1S/C21H20ClN3O2/c1-27-16-10-8-15(9-11-16)18-14-20(21(26)24-12-4-5-13-24)25(23-18)19-7-3-2-6-17(19)22/h2-3,6-11,14H,4-5,12-13H2,1H3. The van der Waals surface area contributed by atoms with Gasteiger partial charge in [-0.1, -0.05) is 23.7 Å². The lowest BCUT2D eigenvalue weighted by Gasteiger charge is -2.16. The van der Waals surface area contributed by atoms with Crippen molar-refractivity contribution >= 4 is 17.5 Å². The van der Waals surface area contributed by atoms with Crippen LogP contribution in [0.4, 0.5) is 0 Å². The number of carbonyl (C=O) groups is 1. The highest BCUT2D eigenvalue weighted by atomic mass is 35.5. The third kappa shape index (κ3) is 3.43. The second-order valence-electron chi connectivity index (χ2n) is 6.51. The van der Waals surface area contributed by atoms with Gasteiger partial charge in [-0.05, 0) is 55.3 Å². The van der Waals surface area contributed by atoms with Crippen molar-refractivity contribution in [3.05, 3.63) is 65.3 Å². The molecule has 1 fully saturated rings. The number of amides is 1. The van der Waals surface area contributed by atoms with Crippen LogP contribution >= 0.6 is 11.6 Å². The van der Waals surface area contributed by atoms with Gasteiger partial charge >= 0.3 is 0 Å². The molecule has 2 heterocycles. The Kier molecular flexibility index (Phi) is 4.86. The maximum Gasteiger partial charge on any atom is 0.272 e. The summed E-state index contributed by atoms with van der Waals surface area (Å²) in [5, 5.41) is 5.26. The first-order chi connectivity index (χ1) is 13.2.